The van der Waals surface area contributed by atoms with Gasteiger partial charge in [-0.3, -0.25) is 9.59 Å². The van der Waals surface area contributed by atoms with Gasteiger partial charge in [-0.15, -0.1) is 0 Å². The van der Waals surface area contributed by atoms with Gasteiger partial charge in [0.25, 0.3) is 5.91 Å². The van der Waals surface area contributed by atoms with Crippen LogP contribution in [-0.2, 0) is 4.79 Å². The fourth-order valence-corrected chi connectivity index (χ4v) is 3.98. The topological polar surface area (TPSA) is 49.4 Å². The molecule has 0 bridgehead atoms. The summed E-state index contributed by atoms with van der Waals surface area (Å²) in [7, 11) is 0. The third-order valence-electron chi connectivity index (χ3n) is 5.53. The lowest BCUT2D eigenvalue weighted by Gasteiger charge is -2.31. The van der Waals surface area contributed by atoms with Crippen molar-refractivity contribution in [3.63, 3.8) is 0 Å². The Morgan fingerprint density at radius 3 is 2.32 bits per heavy atom. The fourth-order valence-electron chi connectivity index (χ4n) is 3.71. The summed E-state index contributed by atoms with van der Waals surface area (Å²) in [5, 5.41) is 3.14. The highest BCUT2D eigenvalue weighted by molar-refractivity contribution is 9.10. The number of halogens is 1. The van der Waals surface area contributed by atoms with Crippen molar-refractivity contribution in [3.05, 3.63) is 70.2 Å². The summed E-state index contributed by atoms with van der Waals surface area (Å²) in [4.78, 5) is 27.1. The molecule has 1 fully saturated rings. The maximum absolute atomic E-state index is 12.6. The molecule has 0 aliphatic carbocycles. The maximum atomic E-state index is 12.6. The van der Waals surface area contributed by atoms with Gasteiger partial charge in [0.15, 0.2) is 0 Å². The molecule has 0 aromatic heterocycles. The lowest BCUT2D eigenvalue weighted by atomic mass is 9.93. The van der Waals surface area contributed by atoms with E-state index in [0.717, 1.165) is 23.7 Å². The first-order valence-corrected chi connectivity index (χ1v) is 10.7. The first kappa shape index (κ1) is 20.6. The van der Waals surface area contributed by atoms with Crippen molar-refractivity contribution in [2.45, 2.75) is 32.1 Å². The van der Waals surface area contributed by atoms with Crippen molar-refractivity contribution < 1.29 is 9.59 Å². The van der Waals surface area contributed by atoms with Gasteiger partial charge < -0.3 is 10.2 Å². The van der Waals surface area contributed by atoms with Gasteiger partial charge in [0.2, 0.25) is 5.91 Å². The van der Waals surface area contributed by atoms with Crippen LogP contribution in [0, 0.1) is 5.92 Å². The van der Waals surface area contributed by atoms with E-state index in [4.69, 9.17) is 0 Å². The summed E-state index contributed by atoms with van der Waals surface area (Å²) in [5.74, 6) is 0.484. The van der Waals surface area contributed by atoms with Gasteiger partial charge >= 0.3 is 0 Å². The van der Waals surface area contributed by atoms with Gasteiger partial charge in [0.1, 0.15) is 0 Å². The minimum absolute atomic E-state index is 0.0118. The highest BCUT2D eigenvalue weighted by Gasteiger charge is 2.28. The zero-order chi connectivity index (χ0) is 19.9. The largest absolute Gasteiger partial charge is 0.355 e. The molecule has 1 heterocycles. The predicted molar refractivity (Wildman–Crippen MR) is 115 cm³/mol. The predicted octanol–water partition coefficient (Wildman–Crippen LogP) is 4.61. The summed E-state index contributed by atoms with van der Waals surface area (Å²) in [6, 6.07) is 17.8. The van der Waals surface area contributed by atoms with E-state index < -0.39 is 0 Å². The van der Waals surface area contributed by atoms with Crippen molar-refractivity contribution in [3.8, 4) is 0 Å². The monoisotopic (exact) mass is 442 g/mol. The van der Waals surface area contributed by atoms with Crippen molar-refractivity contribution >= 4 is 27.7 Å². The van der Waals surface area contributed by atoms with Gasteiger partial charge in [-0.2, -0.15) is 0 Å². The third-order valence-corrected chi connectivity index (χ3v) is 6.06. The second kappa shape index (κ2) is 9.87. The number of carbonyl (C=O) groups is 2. The van der Waals surface area contributed by atoms with E-state index in [-0.39, 0.29) is 17.7 Å². The van der Waals surface area contributed by atoms with E-state index in [1.165, 1.54) is 5.56 Å². The Balaban J connectivity index is 1.48. The number of amides is 2. The number of likely N-dealkylation sites (tertiary alicyclic amines) is 1. The van der Waals surface area contributed by atoms with Crippen LogP contribution in [0.25, 0.3) is 0 Å². The second-order valence-electron chi connectivity index (χ2n) is 7.33. The molecule has 148 valence electrons. The Morgan fingerprint density at radius 2 is 1.71 bits per heavy atom. The summed E-state index contributed by atoms with van der Waals surface area (Å²) >= 11 is 3.39. The van der Waals surface area contributed by atoms with Gasteiger partial charge in [-0.25, -0.2) is 0 Å². The van der Waals surface area contributed by atoms with Crippen LogP contribution in [0.3, 0.4) is 0 Å². The van der Waals surface area contributed by atoms with Crippen LogP contribution in [0.15, 0.2) is 59.1 Å². The lowest BCUT2D eigenvalue weighted by Crippen LogP contribution is -2.43. The van der Waals surface area contributed by atoms with Crippen LogP contribution in [0.2, 0.25) is 0 Å². The molecular formula is C23H27BrN2O2. The normalized spacial score (nSPS) is 15.9. The van der Waals surface area contributed by atoms with E-state index >= 15 is 0 Å². The summed E-state index contributed by atoms with van der Waals surface area (Å²) in [5.41, 5.74) is 1.96. The van der Waals surface area contributed by atoms with Gasteiger partial charge in [-0.05, 0) is 49.1 Å². The molecule has 3 rings (SSSR count). The molecule has 1 unspecified atom stereocenters. The Hall–Kier alpha value is -2.14. The Bertz CT molecular complexity index is 784. The van der Waals surface area contributed by atoms with Crippen LogP contribution in [-0.4, -0.2) is 36.3 Å². The molecule has 1 atom stereocenters. The molecule has 4 nitrogen and oxygen atoms in total. The molecule has 1 saturated heterocycles. The van der Waals surface area contributed by atoms with Crippen LogP contribution in [0.5, 0.6) is 0 Å². The van der Waals surface area contributed by atoms with Crippen molar-refractivity contribution in [2.75, 3.05) is 19.6 Å². The minimum atomic E-state index is -0.0118. The average Bonchev–Trinajstić information content (AvgIpc) is 2.75. The van der Waals surface area contributed by atoms with Crippen LogP contribution in [0.1, 0.15) is 48.0 Å². The molecule has 2 aromatic carbocycles. The quantitative estimate of drug-likeness (QED) is 0.709. The number of benzene rings is 2. The fraction of sp³-hybridized carbons (Fsp3) is 0.391. The number of piperidine rings is 1. The molecular weight excluding hydrogens is 416 g/mol. The van der Waals surface area contributed by atoms with Crippen LogP contribution in [0.4, 0.5) is 0 Å². The molecule has 28 heavy (non-hydrogen) atoms. The van der Waals surface area contributed by atoms with Gasteiger partial charge in [0, 0.05) is 41.5 Å². The number of rotatable bonds is 6. The minimum Gasteiger partial charge on any atom is -0.355 e. The lowest BCUT2D eigenvalue weighted by molar-refractivity contribution is -0.126. The zero-order valence-electron chi connectivity index (χ0n) is 16.2. The molecule has 0 saturated carbocycles. The molecule has 2 amide bonds. The summed E-state index contributed by atoms with van der Waals surface area (Å²) in [6.45, 7) is 4.07. The number of hydrogen-bond acceptors (Lipinski definition) is 2. The van der Waals surface area contributed by atoms with Crippen LogP contribution >= 0.6 is 15.9 Å². The van der Waals surface area contributed by atoms with Gasteiger partial charge in [-0.1, -0.05) is 53.2 Å². The van der Waals surface area contributed by atoms with E-state index in [0.29, 0.717) is 31.1 Å². The smallest absolute Gasteiger partial charge is 0.253 e. The molecule has 0 spiro atoms. The highest BCUT2D eigenvalue weighted by atomic mass is 79.9. The molecule has 1 N–H and O–H groups in total. The van der Waals surface area contributed by atoms with Crippen LogP contribution < -0.4 is 5.32 Å². The average molecular weight is 443 g/mol. The molecule has 5 heteroatoms. The maximum Gasteiger partial charge on any atom is 0.253 e. The first-order valence-electron chi connectivity index (χ1n) is 9.96. The zero-order valence-corrected chi connectivity index (χ0v) is 17.8. The summed E-state index contributed by atoms with van der Waals surface area (Å²) in [6.07, 6.45) is 2.43. The SMILES string of the molecule is CCC(CNC(=O)C1CCN(C(=O)c2ccc(Br)cc2)CC1)c1ccccc1. The standard InChI is InChI=1S/C23H27BrN2O2/c1-2-17(18-6-4-3-5-7-18)16-25-22(27)19-12-14-26(15-13-19)23(28)20-8-10-21(24)11-9-20/h3-11,17,19H,2,12-16H2,1H3,(H,25,27). The van der Waals surface area contributed by atoms with Crippen molar-refractivity contribution in [2.24, 2.45) is 5.92 Å². The van der Waals surface area contributed by atoms with E-state index in [1.807, 2.05) is 47.4 Å². The van der Waals surface area contributed by atoms with E-state index in [2.05, 4.69) is 40.3 Å². The molecule has 1 aliphatic heterocycles. The summed E-state index contributed by atoms with van der Waals surface area (Å²) < 4.78 is 0.959. The number of nitrogens with one attached hydrogen (secondary N) is 1. The second-order valence-corrected chi connectivity index (χ2v) is 8.25. The molecule has 1 aliphatic rings. The van der Waals surface area contributed by atoms with Gasteiger partial charge in [0.05, 0.1) is 0 Å². The third kappa shape index (κ3) is 5.22. The number of hydrogen-bond donors (Lipinski definition) is 1. The Labute approximate surface area is 175 Å². The highest BCUT2D eigenvalue weighted by Crippen LogP contribution is 2.22. The molecule has 2 aromatic rings. The van der Waals surface area contributed by atoms with E-state index in [9.17, 15) is 9.59 Å². The Morgan fingerprint density at radius 1 is 1.07 bits per heavy atom. The van der Waals surface area contributed by atoms with E-state index in [1.54, 1.807) is 0 Å². The Kier molecular flexibility index (Phi) is 7.26. The molecule has 0 radical (unpaired) electrons. The van der Waals surface area contributed by atoms with Crippen molar-refractivity contribution in [1.29, 1.82) is 0 Å². The first-order chi connectivity index (χ1) is 13.6. The number of carbonyl (C=O) groups excluding carboxylic acids is 2. The van der Waals surface area contributed by atoms with Crippen molar-refractivity contribution in [1.82, 2.24) is 10.2 Å². The number of nitrogens with zero attached hydrogens (tertiary/aromatic N) is 1.